The molecule has 102 valence electrons. The average molecular weight is 289 g/mol. The van der Waals surface area contributed by atoms with Crippen molar-refractivity contribution in [3.8, 4) is 0 Å². The van der Waals surface area contributed by atoms with Gasteiger partial charge in [-0.15, -0.1) is 0 Å². The summed E-state index contributed by atoms with van der Waals surface area (Å²) in [7, 11) is -3.75. The smallest absolute Gasteiger partial charge is 0.240 e. The van der Waals surface area contributed by atoms with Crippen LogP contribution in [0.2, 0.25) is 0 Å². The zero-order chi connectivity index (χ0) is 13.8. The first-order chi connectivity index (χ1) is 8.34. The summed E-state index contributed by atoms with van der Waals surface area (Å²) in [5, 5.41) is 8.30. The van der Waals surface area contributed by atoms with Crippen molar-refractivity contribution in [1.29, 1.82) is 0 Å². The molecule has 0 fully saturated rings. The lowest BCUT2D eigenvalue weighted by Crippen LogP contribution is -2.19. The van der Waals surface area contributed by atoms with Crippen molar-refractivity contribution in [2.75, 3.05) is 22.6 Å². The average Bonchev–Trinajstić information content (AvgIpc) is 2.24. The van der Waals surface area contributed by atoms with E-state index in [0.29, 0.717) is 0 Å². The van der Waals surface area contributed by atoms with E-state index in [0.717, 1.165) is 17.2 Å². The third kappa shape index (κ3) is 4.40. The number of sulfonamides is 1. The molecule has 1 aromatic rings. The number of hydrogen-bond acceptors (Lipinski definition) is 5. The highest BCUT2D eigenvalue weighted by molar-refractivity contribution is 7.99. The van der Waals surface area contributed by atoms with Gasteiger partial charge in [-0.3, -0.25) is 0 Å². The number of rotatable bonds is 6. The van der Waals surface area contributed by atoms with Gasteiger partial charge in [0.05, 0.1) is 5.69 Å². The molecule has 0 radical (unpaired) electrons. The van der Waals surface area contributed by atoms with Gasteiger partial charge in [0, 0.05) is 17.5 Å². The van der Waals surface area contributed by atoms with Crippen molar-refractivity contribution in [3.63, 3.8) is 0 Å². The summed E-state index contributed by atoms with van der Waals surface area (Å²) in [6.07, 6.45) is 0. The molecule has 1 unspecified atom stereocenters. The Labute approximate surface area is 112 Å². The molecule has 0 saturated heterocycles. The number of nitrogens with one attached hydrogen (secondary N) is 1. The molecular formula is C11H19N3O2S2. The Bertz CT molecular complexity index is 503. The zero-order valence-corrected chi connectivity index (χ0v) is 12.1. The third-order valence-electron chi connectivity index (χ3n) is 2.30. The SMILES string of the molecule is CCSCC(C)Nc1ccc(S(N)(=O)=O)c(N)c1. The predicted octanol–water partition coefficient (Wildman–Crippen LogP) is 1.47. The first kappa shape index (κ1) is 15.1. The topological polar surface area (TPSA) is 98.2 Å². The normalized spacial score (nSPS) is 13.3. The van der Waals surface area contributed by atoms with E-state index in [1.807, 2.05) is 11.8 Å². The van der Waals surface area contributed by atoms with Crippen LogP contribution in [0.15, 0.2) is 23.1 Å². The molecule has 0 heterocycles. The fourth-order valence-electron chi connectivity index (χ4n) is 1.52. The fraction of sp³-hybridized carbons (Fsp3) is 0.455. The van der Waals surface area contributed by atoms with E-state index in [1.54, 1.807) is 12.1 Å². The van der Waals surface area contributed by atoms with Crippen LogP contribution >= 0.6 is 11.8 Å². The van der Waals surface area contributed by atoms with Crippen LogP contribution in [0.5, 0.6) is 0 Å². The van der Waals surface area contributed by atoms with Gasteiger partial charge in [0.15, 0.2) is 0 Å². The largest absolute Gasteiger partial charge is 0.398 e. The lowest BCUT2D eigenvalue weighted by atomic mass is 10.2. The standard InChI is InChI=1S/C11H19N3O2S2/c1-3-17-7-8(2)14-9-4-5-11(10(12)6-9)18(13,15)16/h4-6,8,14H,3,7,12H2,1-2H3,(H2,13,15,16). The van der Waals surface area contributed by atoms with E-state index < -0.39 is 10.0 Å². The van der Waals surface area contributed by atoms with Crippen LogP contribution in [0, 0.1) is 0 Å². The Morgan fingerprint density at radius 3 is 2.61 bits per heavy atom. The van der Waals surface area contributed by atoms with Crippen molar-refractivity contribution in [1.82, 2.24) is 0 Å². The van der Waals surface area contributed by atoms with E-state index in [4.69, 9.17) is 10.9 Å². The van der Waals surface area contributed by atoms with Crippen molar-refractivity contribution in [3.05, 3.63) is 18.2 Å². The second kappa shape index (κ2) is 6.31. The van der Waals surface area contributed by atoms with Gasteiger partial charge in [0.1, 0.15) is 4.90 Å². The minimum Gasteiger partial charge on any atom is -0.398 e. The first-order valence-electron chi connectivity index (χ1n) is 5.61. The molecule has 0 amide bonds. The van der Waals surface area contributed by atoms with Gasteiger partial charge in [-0.2, -0.15) is 11.8 Å². The second-order valence-electron chi connectivity index (χ2n) is 4.00. The maximum atomic E-state index is 11.2. The highest BCUT2D eigenvalue weighted by atomic mass is 32.2. The molecule has 0 aliphatic rings. The summed E-state index contributed by atoms with van der Waals surface area (Å²) < 4.78 is 22.4. The molecule has 0 aromatic heterocycles. The molecule has 18 heavy (non-hydrogen) atoms. The Morgan fingerprint density at radius 1 is 1.44 bits per heavy atom. The number of primary sulfonamides is 1. The highest BCUT2D eigenvalue weighted by Gasteiger charge is 2.12. The van der Waals surface area contributed by atoms with Crippen molar-refractivity contribution in [2.24, 2.45) is 5.14 Å². The molecule has 7 heteroatoms. The van der Waals surface area contributed by atoms with Crippen LogP contribution < -0.4 is 16.2 Å². The van der Waals surface area contributed by atoms with Gasteiger partial charge in [-0.05, 0) is 30.9 Å². The predicted molar refractivity (Wildman–Crippen MR) is 78.3 cm³/mol. The lowest BCUT2D eigenvalue weighted by molar-refractivity contribution is 0.598. The summed E-state index contributed by atoms with van der Waals surface area (Å²) in [5.74, 6) is 2.05. The Hall–Kier alpha value is -0.920. The molecule has 1 atom stereocenters. The molecule has 0 saturated carbocycles. The molecule has 0 spiro atoms. The van der Waals surface area contributed by atoms with Crippen LogP contribution in [-0.2, 0) is 10.0 Å². The third-order valence-corrected chi connectivity index (χ3v) is 4.43. The van der Waals surface area contributed by atoms with Gasteiger partial charge < -0.3 is 11.1 Å². The molecule has 5 nitrogen and oxygen atoms in total. The fourth-order valence-corrected chi connectivity index (χ4v) is 2.84. The summed E-state index contributed by atoms with van der Waals surface area (Å²) in [6, 6.07) is 4.97. The number of benzene rings is 1. The number of nitrogen functional groups attached to an aromatic ring is 1. The maximum absolute atomic E-state index is 11.2. The molecule has 1 rings (SSSR count). The van der Waals surface area contributed by atoms with Gasteiger partial charge in [0.25, 0.3) is 0 Å². The van der Waals surface area contributed by atoms with Gasteiger partial charge in [0.2, 0.25) is 10.0 Å². The number of thioether (sulfide) groups is 1. The minimum atomic E-state index is -3.75. The minimum absolute atomic E-state index is 0.0383. The first-order valence-corrected chi connectivity index (χ1v) is 8.31. The summed E-state index contributed by atoms with van der Waals surface area (Å²) in [4.78, 5) is -0.0383. The monoisotopic (exact) mass is 289 g/mol. The van der Waals surface area contributed by atoms with Crippen LogP contribution in [0.1, 0.15) is 13.8 Å². The van der Waals surface area contributed by atoms with Crippen LogP contribution in [-0.4, -0.2) is 26.0 Å². The quantitative estimate of drug-likeness (QED) is 0.689. The van der Waals surface area contributed by atoms with Gasteiger partial charge in [-0.25, -0.2) is 13.6 Å². The van der Waals surface area contributed by atoms with E-state index in [-0.39, 0.29) is 16.6 Å². The second-order valence-corrected chi connectivity index (χ2v) is 6.85. The van der Waals surface area contributed by atoms with Gasteiger partial charge in [-0.1, -0.05) is 6.92 Å². The van der Waals surface area contributed by atoms with Crippen molar-refractivity contribution < 1.29 is 8.42 Å². The number of hydrogen-bond donors (Lipinski definition) is 3. The van der Waals surface area contributed by atoms with E-state index in [1.165, 1.54) is 6.07 Å². The number of nitrogens with two attached hydrogens (primary N) is 2. The zero-order valence-electron chi connectivity index (χ0n) is 10.5. The number of anilines is 2. The Balaban J connectivity index is 2.79. The molecule has 5 N–H and O–H groups in total. The molecule has 1 aromatic carbocycles. The summed E-state index contributed by atoms with van der Waals surface area (Å²) in [6.45, 7) is 4.17. The molecule has 0 aliphatic carbocycles. The Kier molecular flexibility index (Phi) is 5.30. The van der Waals surface area contributed by atoms with E-state index >= 15 is 0 Å². The van der Waals surface area contributed by atoms with Crippen LogP contribution in [0.3, 0.4) is 0 Å². The van der Waals surface area contributed by atoms with Crippen LogP contribution in [0.4, 0.5) is 11.4 Å². The highest BCUT2D eigenvalue weighted by Crippen LogP contribution is 2.22. The van der Waals surface area contributed by atoms with Crippen LogP contribution in [0.25, 0.3) is 0 Å². The molecule has 0 bridgehead atoms. The van der Waals surface area contributed by atoms with E-state index in [9.17, 15) is 8.42 Å². The molecular weight excluding hydrogens is 270 g/mol. The Morgan fingerprint density at radius 2 is 2.11 bits per heavy atom. The van der Waals surface area contributed by atoms with Gasteiger partial charge >= 0.3 is 0 Å². The summed E-state index contributed by atoms with van der Waals surface area (Å²) >= 11 is 1.84. The van der Waals surface area contributed by atoms with Crippen molar-refractivity contribution >= 4 is 33.2 Å². The lowest BCUT2D eigenvalue weighted by Gasteiger charge is -2.15. The summed E-state index contributed by atoms with van der Waals surface area (Å²) in [5.41, 5.74) is 6.64. The maximum Gasteiger partial charge on any atom is 0.240 e. The van der Waals surface area contributed by atoms with Crippen molar-refractivity contribution in [2.45, 2.75) is 24.8 Å². The molecule has 0 aliphatic heterocycles. The van der Waals surface area contributed by atoms with E-state index in [2.05, 4.69) is 19.2 Å².